The van der Waals surface area contributed by atoms with Crippen LogP contribution in [0.5, 0.6) is 0 Å². The van der Waals surface area contributed by atoms with Crippen LogP contribution in [-0.2, 0) is 4.74 Å². The molecule has 2 atom stereocenters. The zero-order valence-corrected chi connectivity index (χ0v) is 11.9. The molecule has 2 rings (SSSR count). The number of nitrogens with two attached hydrogens (primary N) is 1. The monoisotopic (exact) mass is 254 g/mol. The summed E-state index contributed by atoms with van der Waals surface area (Å²) in [5, 5.41) is 0. The third-order valence-electron chi connectivity index (χ3n) is 4.77. The van der Waals surface area contributed by atoms with Crippen molar-refractivity contribution in [2.45, 2.75) is 64.0 Å². The first kappa shape index (κ1) is 14.3. The average molecular weight is 254 g/mol. The van der Waals surface area contributed by atoms with Gasteiger partial charge in [0.25, 0.3) is 0 Å². The van der Waals surface area contributed by atoms with Gasteiger partial charge in [0.1, 0.15) is 0 Å². The molecule has 1 aliphatic carbocycles. The molecule has 0 aromatic carbocycles. The fraction of sp³-hybridized carbons (Fsp3) is 1.00. The number of likely N-dealkylation sites (N-methyl/N-ethyl adjacent to an activating group) is 1. The lowest BCUT2D eigenvalue weighted by Gasteiger charge is -2.38. The van der Waals surface area contributed by atoms with Crippen LogP contribution in [0.25, 0.3) is 0 Å². The van der Waals surface area contributed by atoms with E-state index in [1.165, 1.54) is 44.9 Å². The van der Waals surface area contributed by atoms with Gasteiger partial charge in [-0.1, -0.05) is 26.2 Å². The van der Waals surface area contributed by atoms with Crippen LogP contribution >= 0.6 is 0 Å². The van der Waals surface area contributed by atoms with Crippen LogP contribution in [0, 0.1) is 5.92 Å². The summed E-state index contributed by atoms with van der Waals surface area (Å²) in [5.74, 6) is 0.824. The topological polar surface area (TPSA) is 38.5 Å². The van der Waals surface area contributed by atoms with Gasteiger partial charge in [-0.25, -0.2) is 0 Å². The van der Waals surface area contributed by atoms with Crippen LogP contribution < -0.4 is 5.73 Å². The molecule has 2 N–H and O–H groups in total. The summed E-state index contributed by atoms with van der Waals surface area (Å²) in [6.07, 6.45) is 9.91. The fourth-order valence-electron chi connectivity index (χ4n) is 3.71. The number of nitrogens with zero attached hydrogens (tertiary/aromatic N) is 1. The number of hydrogen-bond donors (Lipinski definition) is 1. The van der Waals surface area contributed by atoms with Crippen molar-refractivity contribution in [3.8, 4) is 0 Å². The highest BCUT2D eigenvalue weighted by molar-refractivity contribution is 4.84. The molecule has 1 aliphatic heterocycles. The molecular weight excluding hydrogens is 224 g/mol. The van der Waals surface area contributed by atoms with Crippen LogP contribution in [0.15, 0.2) is 0 Å². The highest BCUT2D eigenvalue weighted by Crippen LogP contribution is 2.29. The van der Waals surface area contributed by atoms with Crippen LogP contribution in [-0.4, -0.2) is 43.3 Å². The van der Waals surface area contributed by atoms with Crippen LogP contribution in [0.3, 0.4) is 0 Å². The fourth-order valence-corrected chi connectivity index (χ4v) is 3.71. The predicted octanol–water partition coefficient (Wildman–Crippen LogP) is 2.39. The maximum absolute atomic E-state index is 6.07. The molecule has 3 heteroatoms. The molecule has 0 spiro atoms. The third-order valence-corrected chi connectivity index (χ3v) is 4.77. The second kappa shape index (κ2) is 7.46. The first-order valence-electron chi connectivity index (χ1n) is 7.90. The van der Waals surface area contributed by atoms with Crippen LogP contribution in [0.4, 0.5) is 0 Å². The first-order chi connectivity index (χ1) is 8.85. The van der Waals surface area contributed by atoms with Crippen molar-refractivity contribution in [2.75, 3.05) is 26.2 Å². The maximum atomic E-state index is 6.07. The van der Waals surface area contributed by atoms with Crippen molar-refractivity contribution >= 4 is 0 Å². The standard InChI is InChI=1S/C15H30N2O/c1-2-17(12-14-9-6-10-18-14)15(11-16)13-7-4-3-5-8-13/h13-15H,2-12,16H2,1H3. The van der Waals surface area contributed by atoms with Crippen LogP contribution in [0.2, 0.25) is 0 Å². The lowest BCUT2D eigenvalue weighted by Crippen LogP contribution is -2.48. The Morgan fingerprint density at radius 2 is 1.94 bits per heavy atom. The van der Waals surface area contributed by atoms with E-state index < -0.39 is 0 Å². The van der Waals surface area contributed by atoms with E-state index in [1.54, 1.807) is 0 Å². The molecule has 0 amide bonds. The van der Waals surface area contributed by atoms with Crippen molar-refractivity contribution in [2.24, 2.45) is 11.7 Å². The van der Waals surface area contributed by atoms with Gasteiger partial charge >= 0.3 is 0 Å². The van der Waals surface area contributed by atoms with Gasteiger partial charge in [-0.05, 0) is 38.1 Å². The van der Waals surface area contributed by atoms with E-state index in [1.807, 2.05) is 0 Å². The lowest BCUT2D eigenvalue weighted by atomic mass is 9.83. The lowest BCUT2D eigenvalue weighted by molar-refractivity contribution is 0.0421. The zero-order valence-electron chi connectivity index (χ0n) is 11.9. The molecule has 0 aromatic heterocycles. The third kappa shape index (κ3) is 3.69. The Balaban J connectivity index is 1.89. The molecule has 2 unspecified atom stereocenters. The summed E-state index contributed by atoms with van der Waals surface area (Å²) in [6.45, 7) is 6.23. The minimum Gasteiger partial charge on any atom is -0.377 e. The van der Waals surface area contributed by atoms with Gasteiger partial charge in [0.15, 0.2) is 0 Å². The summed E-state index contributed by atoms with van der Waals surface area (Å²) in [7, 11) is 0. The molecule has 0 radical (unpaired) electrons. The van der Waals surface area contributed by atoms with Gasteiger partial charge in [0.2, 0.25) is 0 Å². The molecular formula is C15H30N2O. The molecule has 1 saturated heterocycles. The Morgan fingerprint density at radius 3 is 2.50 bits per heavy atom. The maximum Gasteiger partial charge on any atom is 0.0702 e. The van der Waals surface area contributed by atoms with Crippen molar-refractivity contribution < 1.29 is 4.74 Å². The second-order valence-electron chi connectivity index (χ2n) is 5.92. The average Bonchev–Trinajstić information content (AvgIpc) is 2.92. The van der Waals surface area contributed by atoms with Gasteiger partial charge in [-0.15, -0.1) is 0 Å². The van der Waals surface area contributed by atoms with Gasteiger partial charge in [-0.3, -0.25) is 4.90 Å². The SMILES string of the molecule is CCN(CC1CCCO1)C(CN)C1CCCCC1. The molecule has 0 bridgehead atoms. The Morgan fingerprint density at radius 1 is 1.17 bits per heavy atom. The minimum atomic E-state index is 0.461. The van der Waals surface area contributed by atoms with Crippen molar-refractivity contribution in [1.82, 2.24) is 4.90 Å². The molecule has 1 saturated carbocycles. The Bertz CT molecular complexity index is 223. The van der Waals surface area contributed by atoms with E-state index in [-0.39, 0.29) is 0 Å². The number of hydrogen-bond acceptors (Lipinski definition) is 3. The van der Waals surface area contributed by atoms with Gasteiger partial charge in [0, 0.05) is 25.7 Å². The summed E-state index contributed by atoms with van der Waals surface area (Å²) in [6, 6.07) is 0.583. The van der Waals surface area contributed by atoms with E-state index >= 15 is 0 Å². The summed E-state index contributed by atoms with van der Waals surface area (Å²) < 4.78 is 5.78. The second-order valence-corrected chi connectivity index (χ2v) is 5.92. The number of rotatable bonds is 6. The quantitative estimate of drug-likeness (QED) is 0.791. The molecule has 106 valence electrons. The molecule has 2 fully saturated rings. The first-order valence-corrected chi connectivity index (χ1v) is 7.90. The molecule has 0 aromatic rings. The highest BCUT2D eigenvalue weighted by atomic mass is 16.5. The molecule has 1 heterocycles. The van der Waals surface area contributed by atoms with E-state index in [0.29, 0.717) is 12.1 Å². The molecule has 2 aliphatic rings. The Hall–Kier alpha value is -0.120. The summed E-state index contributed by atoms with van der Waals surface area (Å²) >= 11 is 0. The zero-order chi connectivity index (χ0) is 12.8. The predicted molar refractivity (Wildman–Crippen MR) is 75.6 cm³/mol. The van der Waals surface area contributed by atoms with Crippen molar-refractivity contribution in [1.29, 1.82) is 0 Å². The van der Waals surface area contributed by atoms with Crippen molar-refractivity contribution in [3.05, 3.63) is 0 Å². The van der Waals surface area contributed by atoms with Gasteiger partial charge in [-0.2, -0.15) is 0 Å². The molecule has 3 nitrogen and oxygen atoms in total. The van der Waals surface area contributed by atoms with E-state index in [4.69, 9.17) is 10.5 Å². The molecule has 18 heavy (non-hydrogen) atoms. The Kier molecular flexibility index (Phi) is 5.93. The smallest absolute Gasteiger partial charge is 0.0702 e. The Labute approximate surface area is 112 Å². The van der Waals surface area contributed by atoms with E-state index in [0.717, 1.165) is 32.2 Å². The normalized spacial score (nSPS) is 27.8. The van der Waals surface area contributed by atoms with Crippen molar-refractivity contribution in [3.63, 3.8) is 0 Å². The summed E-state index contributed by atoms with van der Waals surface area (Å²) in [4.78, 5) is 2.59. The van der Waals surface area contributed by atoms with E-state index in [2.05, 4.69) is 11.8 Å². The van der Waals surface area contributed by atoms with Gasteiger partial charge in [0.05, 0.1) is 6.10 Å². The largest absolute Gasteiger partial charge is 0.377 e. The van der Waals surface area contributed by atoms with Crippen LogP contribution in [0.1, 0.15) is 51.9 Å². The van der Waals surface area contributed by atoms with E-state index in [9.17, 15) is 0 Å². The van der Waals surface area contributed by atoms with Gasteiger partial charge < -0.3 is 10.5 Å². The minimum absolute atomic E-state index is 0.461. The number of ether oxygens (including phenoxy) is 1. The highest BCUT2D eigenvalue weighted by Gasteiger charge is 2.29. The summed E-state index contributed by atoms with van der Waals surface area (Å²) in [5.41, 5.74) is 6.07.